The number of hydrogen-bond donors (Lipinski definition) is 1. The second-order valence-corrected chi connectivity index (χ2v) is 8.18. The number of methoxy groups -OCH3 is 2. The Bertz CT molecular complexity index is 1310. The summed E-state index contributed by atoms with van der Waals surface area (Å²) < 4.78 is 12.3. The van der Waals surface area contributed by atoms with Gasteiger partial charge in [0.05, 0.1) is 14.2 Å². The van der Waals surface area contributed by atoms with Crippen molar-refractivity contribution in [3.8, 4) is 22.6 Å². The Morgan fingerprint density at radius 3 is 2.31 bits per heavy atom. The predicted molar refractivity (Wildman–Crippen MR) is 133 cm³/mol. The molecule has 35 heavy (non-hydrogen) atoms. The number of nitrogens with zero attached hydrogens (tertiary/aromatic N) is 6. The van der Waals surface area contributed by atoms with Crippen LogP contribution in [0.5, 0.6) is 11.5 Å². The highest BCUT2D eigenvalue weighted by Gasteiger charge is 2.24. The van der Waals surface area contributed by atoms with Crippen LogP contribution in [0, 0.1) is 0 Å². The van der Waals surface area contributed by atoms with E-state index in [1.807, 2.05) is 59.6 Å². The van der Waals surface area contributed by atoms with Gasteiger partial charge in [0.2, 0.25) is 0 Å². The Kier molecular flexibility index (Phi) is 6.34. The van der Waals surface area contributed by atoms with Gasteiger partial charge in [0.25, 0.3) is 5.78 Å². The summed E-state index contributed by atoms with van der Waals surface area (Å²) in [5.41, 5.74) is 2.68. The van der Waals surface area contributed by atoms with E-state index in [1.165, 1.54) is 6.33 Å². The number of carbonyl (C=O) groups excluding carboxylic acids is 1. The Balaban J connectivity index is 1.37. The van der Waals surface area contributed by atoms with E-state index in [0.29, 0.717) is 25.4 Å². The fourth-order valence-electron chi connectivity index (χ4n) is 4.25. The van der Waals surface area contributed by atoms with Crippen molar-refractivity contribution in [3.63, 3.8) is 0 Å². The van der Waals surface area contributed by atoms with E-state index in [1.54, 1.807) is 18.7 Å². The summed E-state index contributed by atoms with van der Waals surface area (Å²) in [6, 6.07) is 15.1. The summed E-state index contributed by atoms with van der Waals surface area (Å²) in [6.07, 6.45) is 4.16. The standard InChI is InChI=1S/C25H27N7O3/c1-34-20-8-4-18(5-9-20)22-16-26-24-27-17-28-32(24)23(22)30-12-3-13-31(15-14-30)25(33)29-19-6-10-21(35-2)11-7-19/h4-11,16-17H,3,12-15H2,1-2H3,(H,29,33). The smallest absolute Gasteiger partial charge is 0.321 e. The molecule has 180 valence electrons. The van der Waals surface area contributed by atoms with Gasteiger partial charge >= 0.3 is 6.03 Å². The quantitative estimate of drug-likeness (QED) is 0.473. The Morgan fingerprint density at radius 1 is 0.886 bits per heavy atom. The number of hydrogen-bond acceptors (Lipinski definition) is 7. The van der Waals surface area contributed by atoms with E-state index in [2.05, 4.69) is 25.3 Å². The van der Waals surface area contributed by atoms with Gasteiger partial charge in [-0.25, -0.2) is 9.78 Å². The number of urea groups is 1. The lowest BCUT2D eigenvalue weighted by molar-refractivity contribution is 0.215. The molecule has 1 fully saturated rings. The highest BCUT2D eigenvalue weighted by Crippen LogP contribution is 2.32. The maximum absolute atomic E-state index is 13.0. The molecule has 2 aromatic heterocycles. The Labute approximate surface area is 203 Å². The SMILES string of the molecule is COc1ccc(NC(=O)N2CCCN(c3c(-c4ccc(OC)cc4)cnc4ncnn34)CC2)cc1. The second kappa shape index (κ2) is 9.88. The van der Waals surface area contributed by atoms with E-state index in [4.69, 9.17) is 9.47 Å². The van der Waals surface area contributed by atoms with Crippen LogP contribution in [-0.2, 0) is 0 Å². The monoisotopic (exact) mass is 473 g/mol. The molecular weight excluding hydrogens is 446 g/mol. The van der Waals surface area contributed by atoms with Crippen molar-refractivity contribution in [2.24, 2.45) is 0 Å². The first-order valence-corrected chi connectivity index (χ1v) is 11.4. The van der Waals surface area contributed by atoms with E-state index < -0.39 is 0 Å². The van der Waals surface area contributed by atoms with Crippen molar-refractivity contribution in [1.82, 2.24) is 24.5 Å². The lowest BCUT2D eigenvalue weighted by Gasteiger charge is -2.26. The number of rotatable bonds is 5. The number of carbonyl (C=O) groups is 1. The molecule has 0 unspecified atom stereocenters. The first-order chi connectivity index (χ1) is 17.2. The van der Waals surface area contributed by atoms with Gasteiger partial charge in [0.15, 0.2) is 0 Å². The zero-order chi connectivity index (χ0) is 24.2. The lowest BCUT2D eigenvalue weighted by Crippen LogP contribution is -2.38. The Hall–Kier alpha value is -4.34. The van der Waals surface area contributed by atoms with Gasteiger partial charge < -0.3 is 24.6 Å². The maximum atomic E-state index is 13.0. The minimum atomic E-state index is -0.118. The van der Waals surface area contributed by atoms with Crippen molar-refractivity contribution in [1.29, 1.82) is 0 Å². The van der Waals surface area contributed by atoms with Crippen LogP contribution in [0.2, 0.25) is 0 Å². The van der Waals surface area contributed by atoms with Crippen LogP contribution in [0.3, 0.4) is 0 Å². The van der Waals surface area contributed by atoms with Gasteiger partial charge in [-0.05, 0) is 48.4 Å². The fraction of sp³-hybridized carbons (Fsp3) is 0.280. The topological polar surface area (TPSA) is 97.1 Å². The molecule has 2 aromatic carbocycles. The van der Waals surface area contributed by atoms with Crippen LogP contribution in [0.1, 0.15) is 6.42 Å². The highest BCUT2D eigenvalue weighted by molar-refractivity contribution is 5.89. The first-order valence-electron chi connectivity index (χ1n) is 11.4. The lowest BCUT2D eigenvalue weighted by atomic mass is 10.1. The molecule has 1 aliphatic rings. The second-order valence-electron chi connectivity index (χ2n) is 8.18. The van der Waals surface area contributed by atoms with Crippen molar-refractivity contribution in [2.75, 3.05) is 50.6 Å². The summed E-state index contributed by atoms with van der Waals surface area (Å²) in [4.78, 5) is 25.8. The van der Waals surface area contributed by atoms with Gasteiger partial charge in [-0.15, -0.1) is 0 Å². The molecule has 2 amide bonds. The number of nitrogens with one attached hydrogen (secondary N) is 1. The number of fused-ring (bicyclic) bond motifs is 1. The summed E-state index contributed by atoms with van der Waals surface area (Å²) in [7, 11) is 3.27. The average molecular weight is 474 g/mol. The number of ether oxygens (including phenoxy) is 2. The van der Waals surface area contributed by atoms with Gasteiger partial charge in [-0.1, -0.05) is 12.1 Å². The summed E-state index contributed by atoms with van der Waals surface area (Å²) >= 11 is 0. The van der Waals surface area contributed by atoms with Gasteiger partial charge in [0.1, 0.15) is 23.6 Å². The van der Waals surface area contributed by atoms with Crippen LogP contribution < -0.4 is 19.7 Å². The molecule has 0 bridgehead atoms. The van der Waals surface area contributed by atoms with E-state index in [9.17, 15) is 4.79 Å². The molecule has 4 aromatic rings. The third kappa shape index (κ3) is 4.68. The van der Waals surface area contributed by atoms with Gasteiger partial charge in [0, 0.05) is 43.6 Å². The third-order valence-corrected chi connectivity index (χ3v) is 6.11. The van der Waals surface area contributed by atoms with E-state index in [0.717, 1.165) is 47.1 Å². The van der Waals surface area contributed by atoms with Crippen LogP contribution in [-0.4, -0.2) is 70.9 Å². The molecule has 1 aliphatic heterocycles. The zero-order valence-electron chi connectivity index (χ0n) is 19.7. The zero-order valence-corrected chi connectivity index (χ0v) is 19.7. The summed E-state index contributed by atoms with van der Waals surface area (Å²) in [5, 5.41) is 7.42. The molecule has 0 radical (unpaired) electrons. The van der Waals surface area contributed by atoms with E-state index in [-0.39, 0.29) is 6.03 Å². The van der Waals surface area contributed by atoms with Gasteiger partial charge in [-0.2, -0.15) is 14.6 Å². The third-order valence-electron chi connectivity index (χ3n) is 6.11. The maximum Gasteiger partial charge on any atom is 0.321 e. The average Bonchev–Trinajstić information content (AvgIpc) is 3.25. The molecule has 0 saturated carbocycles. The number of anilines is 2. The minimum absolute atomic E-state index is 0.118. The molecule has 10 heteroatoms. The predicted octanol–water partition coefficient (Wildman–Crippen LogP) is 3.55. The van der Waals surface area contributed by atoms with Crippen LogP contribution in [0.4, 0.5) is 16.3 Å². The van der Waals surface area contributed by atoms with Crippen molar-refractivity contribution >= 4 is 23.3 Å². The molecule has 1 N–H and O–H groups in total. The minimum Gasteiger partial charge on any atom is -0.497 e. The van der Waals surface area contributed by atoms with Crippen molar-refractivity contribution in [3.05, 3.63) is 61.1 Å². The molecule has 0 atom stereocenters. The largest absolute Gasteiger partial charge is 0.497 e. The molecular formula is C25H27N7O3. The van der Waals surface area contributed by atoms with Crippen LogP contribution in [0.15, 0.2) is 61.1 Å². The normalized spacial score (nSPS) is 14.0. The number of aromatic nitrogens is 4. The van der Waals surface area contributed by atoms with Gasteiger partial charge in [-0.3, -0.25) is 0 Å². The van der Waals surface area contributed by atoms with Crippen molar-refractivity contribution < 1.29 is 14.3 Å². The molecule has 10 nitrogen and oxygen atoms in total. The number of amides is 2. The molecule has 3 heterocycles. The summed E-state index contributed by atoms with van der Waals surface area (Å²) in [6.45, 7) is 2.65. The van der Waals surface area contributed by atoms with E-state index >= 15 is 0 Å². The molecule has 1 saturated heterocycles. The number of benzene rings is 2. The molecule has 0 spiro atoms. The highest BCUT2D eigenvalue weighted by atomic mass is 16.5. The fourth-order valence-corrected chi connectivity index (χ4v) is 4.25. The van der Waals surface area contributed by atoms with Crippen LogP contribution in [0.25, 0.3) is 16.9 Å². The molecule has 5 rings (SSSR count). The summed E-state index contributed by atoms with van der Waals surface area (Å²) in [5.74, 6) is 2.99. The first kappa shape index (κ1) is 22.5. The Morgan fingerprint density at radius 2 is 1.60 bits per heavy atom. The molecule has 0 aliphatic carbocycles. The van der Waals surface area contributed by atoms with Crippen molar-refractivity contribution in [2.45, 2.75) is 6.42 Å². The van der Waals surface area contributed by atoms with Crippen LogP contribution >= 0.6 is 0 Å².